The number of halogens is 2. The van der Waals surface area contributed by atoms with Gasteiger partial charge in [-0.25, -0.2) is 0 Å². The Morgan fingerprint density at radius 2 is 1.67 bits per heavy atom. The fourth-order valence-electron chi connectivity index (χ4n) is 3.04. The van der Waals surface area contributed by atoms with Crippen LogP contribution in [0.2, 0.25) is 10.0 Å². The lowest BCUT2D eigenvalue weighted by molar-refractivity contribution is 0.174. The van der Waals surface area contributed by atoms with E-state index in [-0.39, 0.29) is 6.79 Å². The van der Waals surface area contributed by atoms with E-state index >= 15 is 0 Å². The van der Waals surface area contributed by atoms with E-state index in [1.54, 1.807) is 6.07 Å². The second-order valence-corrected chi connectivity index (χ2v) is 7.50. The van der Waals surface area contributed by atoms with Crippen LogP contribution in [0.25, 0.3) is 0 Å². The molecule has 0 saturated carbocycles. The highest BCUT2D eigenvalue weighted by Crippen LogP contribution is 2.36. The third-order valence-corrected chi connectivity index (χ3v) is 5.18. The van der Waals surface area contributed by atoms with E-state index in [1.807, 2.05) is 55.5 Å². The van der Waals surface area contributed by atoms with Crippen molar-refractivity contribution in [1.29, 1.82) is 0 Å². The average Bonchev–Trinajstić information content (AvgIpc) is 3.22. The van der Waals surface area contributed by atoms with Crippen LogP contribution in [0, 0.1) is 0 Å². The molecule has 0 aliphatic carbocycles. The lowest BCUT2D eigenvalue weighted by Gasteiger charge is -2.16. The highest BCUT2D eigenvalue weighted by atomic mass is 35.5. The zero-order valence-corrected chi connectivity index (χ0v) is 17.9. The van der Waals surface area contributed by atoms with E-state index in [2.05, 4.69) is 5.32 Å². The van der Waals surface area contributed by atoms with Crippen molar-refractivity contribution < 1.29 is 18.9 Å². The Balaban J connectivity index is 1.47. The molecule has 1 N–H and O–H groups in total. The summed E-state index contributed by atoms with van der Waals surface area (Å²) in [5.74, 6) is 2.73. The quantitative estimate of drug-likeness (QED) is 0.439. The van der Waals surface area contributed by atoms with Gasteiger partial charge in [-0.15, -0.1) is 0 Å². The maximum absolute atomic E-state index is 6.53. The van der Waals surface area contributed by atoms with Gasteiger partial charge in [0.25, 0.3) is 0 Å². The number of fused-ring (bicyclic) bond motifs is 1. The molecule has 0 amide bonds. The van der Waals surface area contributed by atoms with Crippen molar-refractivity contribution >= 4 is 28.9 Å². The summed E-state index contributed by atoms with van der Waals surface area (Å²) in [6, 6.07) is 16.9. The molecule has 0 spiro atoms. The zero-order chi connectivity index (χ0) is 20.9. The molecule has 7 heteroatoms. The van der Waals surface area contributed by atoms with Crippen LogP contribution < -0.4 is 24.3 Å². The molecule has 0 saturated heterocycles. The van der Waals surface area contributed by atoms with Crippen LogP contribution in [0.5, 0.6) is 23.0 Å². The molecule has 0 fully saturated rings. The Morgan fingerprint density at radius 3 is 2.47 bits per heavy atom. The standard InChI is InChI=1S/C23H21Cl2NO4/c1-2-27-21-9-16(12-26-18-7-8-20-22(10-18)30-14-29-20)19(25)11-23(21)28-13-15-3-5-17(24)6-4-15/h3-11,26H,2,12-14H2,1H3. The predicted molar refractivity (Wildman–Crippen MR) is 118 cm³/mol. The van der Waals surface area contributed by atoms with E-state index in [0.717, 1.165) is 28.3 Å². The Kier molecular flexibility index (Phi) is 6.41. The first-order valence-electron chi connectivity index (χ1n) is 9.58. The van der Waals surface area contributed by atoms with E-state index in [1.165, 1.54) is 0 Å². The molecule has 1 aliphatic rings. The van der Waals surface area contributed by atoms with E-state index in [9.17, 15) is 0 Å². The second-order valence-electron chi connectivity index (χ2n) is 6.66. The first-order chi connectivity index (χ1) is 14.6. The van der Waals surface area contributed by atoms with Gasteiger partial charge < -0.3 is 24.3 Å². The highest BCUT2D eigenvalue weighted by Gasteiger charge is 2.15. The molecule has 156 valence electrons. The van der Waals surface area contributed by atoms with Gasteiger partial charge >= 0.3 is 0 Å². The van der Waals surface area contributed by atoms with Gasteiger partial charge in [0.2, 0.25) is 6.79 Å². The largest absolute Gasteiger partial charge is 0.490 e. The molecule has 0 atom stereocenters. The molecule has 0 unspecified atom stereocenters. The Morgan fingerprint density at radius 1 is 0.900 bits per heavy atom. The topological polar surface area (TPSA) is 49.0 Å². The summed E-state index contributed by atoms with van der Waals surface area (Å²) in [6.45, 7) is 3.62. The number of benzene rings is 3. The fourth-order valence-corrected chi connectivity index (χ4v) is 3.39. The van der Waals surface area contributed by atoms with Crippen LogP contribution >= 0.6 is 23.2 Å². The molecule has 1 aliphatic heterocycles. The maximum atomic E-state index is 6.53. The van der Waals surface area contributed by atoms with Crippen molar-refractivity contribution in [1.82, 2.24) is 0 Å². The van der Waals surface area contributed by atoms with Gasteiger partial charge in [0.1, 0.15) is 6.61 Å². The van der Waals surface area contributed by atoms with Crippen molar-refractivity contribution in [2.75, 3.05) is 18.7 Å². The van der Waals surface area contributed by atoms with E-state index in [4.69, 9.17) is 42.1 Å². The molecule has 5 nitrogen and oxygen atoms in total. The van der Waals surface area contributed by atoms with E-state index in [0.29, 0.717) is 41.3 Å². The van der Waals surface area contributed by atoms with Crippen LogP contribution in [0.1, 0.15) is 18.1 Å². The molecular weight excluding hydrogens is 425 g/mol. The normalized spacial score (nSPS) is 12.0. The smallest absolute Gasteiger partial charge is 0.231 e. The summed E-state index contributed by atoms with van der Waals surface area (Å²) in [7, 11) is 0. The number of nitrogens with one attached hydrogen (secondary N) is 1. The van der Waals surface area contributed by atoms with Gasteiger partial charge in [0, 0.05) is 34.4 Å². The highest BCUT2D eigenvalue weighted by molar-refractivity contribution is 6.31. The summed E-state index contributed by atoms with van der Waals surface area (Å²) < 4.78 is 22.5. The van der Waals surface area contributed by atoms with Crippen molar-refractivity contribution in [3.63, 3.8) is 0 Å². The minimum atomic E-state index is 0.250. The van der Waals surface area contributed by atoms with Gasteiger partial charge in [-0.2, -0.15) is 0 Å². The minimum absolute atomic E-state index is 0.250. The number of hydrogen-bond donors (Lipinski definition) is 1. The molecule has 0 aromatic heterocycles. The predicted octanol–water partition coefficient (Wildman–Crippen LogP) is 6.31. The van der Waals surface area contributed by atoms with Crippen LogP contribution in [0.3, 0.4) is 0 Å². The summed E-state index contributed by atoms with van der Waals surface area (Å²) in [5, 5.41) is 4.64. The molecule has 0 bridgehead atoms. The SMILES string of the molecule is CCOc1cc(CNc2ccc3c(c2)OCO3)c(Cl)cc1OCc1ccc(Cl)cc1. The van der Waals surface area contributed by atoms with Crippen molar-refractivity contribution in [2.24, 2.45) is 0 Å². The van der Waals surface area contributed by atoms with Crippen LogP contribution in [0.15, 0.2) is 54.6 Å². The van der Waals surface area contributed by atoms with Gasteiger partial charge in [0.15, 0.2) is 23.0 Å². The van der Waals surface area contributed by atoms with Crippen molar-refractivity contribution in [3.8, 4) is 23.0 Å². The van der Waals surface area contributed by atoms with Crippen LogP contribution in [0.4, 0.5) is 5.69 Å². The summed E-state index contributed by atoms with van der Waals surface area (Å²) in [5.41, 5.74) is 2.82. The van der Waals surface area contributed by atoms with Gasteiger partial charge in [0.05, 0.1) is 6.61 Å². The van der Waals surface area contributed by atoms with E-state index < -0.39 is 0 Å². The maximum Gasteiger partial charge on any atom is 0.231 e. The van der Waals surface area contributed by atoms with Crippen LogP contribution in [-0.4, -0.2) is 13.4 Å². The summed E-state index contributed by atoms with van der Waals surface area (Å²) in [6.07, 6.45) is 0. The second kappa shape index (κ2) is 9.37. The lowest BCUT2D eigenvalue weighted by Crippen LogP contribution is -2.04. The third-order valence-electron chi connectivity index (χ3n) is 4.58. The summed E-state index contributed by atoms with van der Waals surface area (Å²) in [4.78, 5) is 0. The minimum Gasteiger partial charge on any atom is -0.490 e. The monoisotopic (exact) mass is 445 g/mol. The molecule has 3 aromatic rings. The first-order valence-corrected chi connectivity index (χ1v) is 10.3. The van der Waals surface area contributed by atoms with Crippen molar-refractivity contribution in [2.45, 2.75) is 20.1 Å². The average molecular weight is 446 g/mol. The third kappa shape index (κ3) is 4.86. The van der Waals surface area contributed by atoms with Crippen molar-refractivity contribution in [3.05, 3.63) is 75.8 Å². The van der Waals surface area contributed by atoms with Gasteiger partial charge in [-0.05, 0) is 48.4 Å². The summed E-state index contributed by atoms with van der Waals surface area (Å²) >= 11 is 12.5. The molecule has 3 aromatic carbocycles. The molecular formula is C23H21Cl2NO4. The number of hydrogen-bond acceptors (Lipinski definition) is 5. The Hall–Kier alpha value is -2.76. The van der Waals surface area contributed by atoms with Gasteiger partial charge in [-0.3, -0.25) is 0 Å². The fraction of sp³-hybridized carbons (Fsp3) is 0.217. The molecule has 0 radical (unpaired) electrons. The Labute approximate surface area is 185 Å². The number of ether oxygens (including phenoxy) is 4. The molecule has 1 heterocycles. The zero-order valence-electron chi connectivity index (χ0n) is 16.4. The Bertz CT molecular complexity index is 1020. The molecule has 30 heavy (non-hydrogen) atoms. The van der Waals surface area contributed by atoms with Crippen LogP contribution in [-0.2, 0) is 13.2 Å². The first kappa shape index (κ1) is 20.5. The van der Waals surface area contributed by atoms with Gasteiger partial charge in [-0.1, -0.05) is 35.3 Å². The lowest BCUT2D eigenvalue weighted by atomic mass is 10.2. The number of rotatable bonds is 8. The molecule has 4 rings (SSSR count). The number of anilines is 1.